The molecule has 0 saturated carbocycles. The van der Waals surface area contributed by atoms with E-state index >= 15 is 0 Å². The first-order valence-electron chi connectivity index (χ1n) is 6.12. The summed E-state index contributed by atoms with van der Waals surface area (Å²) >= 11 is 1.34. The lowest BCUT2D eigenvalue weighted by molar-refractivity contribution is -0.128. The second kappa shape index (κ2) is 5.87. The molecule has 3 N–H and O–H groups in total. The van der Waals surface area contributed by atoms with E-state index in [1.807, 2.05) is 0 Å². The van der Waals surface area contributed by atoms with Gasteiger partial charge < -0.3 is 16.0 Å². The summed E-state index contributed by atoms with van der Waals surface area (Å²) in [5.74, 6) is -0.221. The number of hydrogen-bond acceptors (Lipinski definition) is 5. The van der Waals surface area contributed by atoms with Gasteiger partial charge in [0, 0.05) is 32.6 Å². The van der Waals surface area contributed by atoms with Gasteiger partial charge in [0.2, 0.25) is 5.91 Å². The molecule has 1 aromatic heterocycles. The number of nitrogens with one attached hydrogen (secondary N) is 1. The van der Waals surface area contributed by atoms with Gasteiger partial charge in [-0.05, 0) is 18.2 Å². The Morgan fingerprint density at radius 3 is 2.85 bits per heavy atom. The molecule has 0 aliphatic carbocycles. The van der Waals surface area contributed by atoms with Crippen LogP contribution < -0.4 is 11.1 Å². The summed E-state index contributed by atoms with van der Waals surface area (Å²) in [4.78, 5) is 29.0. The van der Waals surface area contributed by atoms with Crippen LogP contribution in [0.1, 0.15) is 16.8 Å². The minimum atomic E-state index is -0.203. The van der Waals surface area contributed by atoms with Crippen LogP contribution in [0.15, 0.2) is 18.2 Å². The summed E-state index contributed by atoms with van der Waals surface area (Å²) in [5.41, 5.74) is 6.95. The number of benzene rings is 1. The second-order valence-corrected chi connectivity index (χ2v) is 5.59. The molecule has 0 aliphatic rings. The second-order valence-electron chi connectivity index (χ2n) is 4.53. The number of rotatable bonds is 4. The molecule has 0 saturated heterocycles. The van der Waals surface area contributed by atoms with Gasteiger partial charge in [0.15, 0.2) is 5.13 Å². The number of nitrogens with two attached hydrogens (primary N) is 1. The van der Waals surface area contributed by atoms with Crippen LogP contribution in [0, 0.1) is 0 Å². The molecule has 106 valence electrons. The van der Waals surface area contributed by atoms with E-state index in [1.165, 1.54) is 16.2 Å². The van der Waals surface area contributed by atoms with E-state index in [-0.39, 0.29) is 18.2 Å². The highest BCUT2D eigenvalue weighted by Crippen LogP contribution is 2.24. The lowest BCUT2D eigenvalue weighted by atomic mass is 10.2. The zero-order chi connectivity index (χ0) is 14.7. The molecular weight excluding hydrogens is 276 g/mol. The zero-order valence-corrected chi connectivity index (χ0v) is 12.2. The third kappa shape index (κ3) is 3.24. The number of nitrogen functional groups attached to an aromatic ring is 1. The average Bonchev–Trinajstić information content (AvgIpc) is 2.77. The van der Waals surface area contributed by atoms with Gasteiger partial charge in [-0.2, -0.15) is 0 Å². The van der Waals surface area contributed by atoms with Crippen LogP contribution in [-0.4, -0.2) is 42.3 Å². The van der Waals surface area contributed by atoms with Gasteiger partial charge in [0.1, 0.15) is 0 Å². The Morgan fingerprint density at radius 2 is 2.15 bits per heavy atom. The van der Waals surface area contributed by atoms with Crippen LogP contribution in [0.3, 0.4) is 0 Å². The van der Waals surface area contributed by atoms with Crippen LogP contribution in [-0.2, 0) is 4.79 Å². The molecule has 0 fully saturated rings. The van der Waals surface area contributed by atoms with Crippen molar-refractivity contribution in [2.45, 2.75) is 6.42 Å². The van der Waals surface area contributed by atoms with Gasteiger partial charge >= 0.3 is 0 Å². The number of fused-ring (bicyclic) bond motifs is 1. The first-order chi connectivity index (χ1) is 9.47. The Kier molecular flexibility index (Phi) is 4.19. The number of thiazole rings is 1. The van der Waals surface area contributed by atoms with Crippen molar-refractivity contribution in [2.24, 2.45) is 0 Å². The lowest BCUT2D eigenvalue weighted by Crippen LogP contribution is -2.30. The molecule has 0 atom stereocenters. The van der Waals surface area contributed by atoms with E-state index in [9.17, 15) is 9.59 Å². The third-order valence-electron chi connectivity index (χ3n) is 2.79. The normalized spacial score (nSPS) is 10.5. The van der Waals surface area contributed by atoms with Crippen molar-refractivity contribution in [3.8, 4) is 0 Å². The molecule has 0 spiro atoms. The number of nitrogens with zero attached hydrogens (tertiary/aromatic N) is 2. The minimum absolute atomic E-state index is 0.0176. The Labute approximate surface area is 120 Å². The maximum atomic E-state index is 12.0. The van der Waals surface area contributed by atoms with Crippen molar-refractivity contribution in [2.75, 3.05) is 26.4 Å². The summed E-state index contributed by atoms with van der Waals surface area (Å²) in [5, 5.41) is 3.20. The minimum Gasteiger partial charge on any atom is -0.375 e. The van der Waals surface area contributed by atoms with Crippen molar-refractivity contribution in [1.29, 1.82) is 0 Å². The van der Waals surface area contributed by atoms with Crippen molar-refractivity contribution in [3.05, 3.63) is 23.8 Å². The van der Waals surface area contributed by atoms with E-state index in [1.54, 1.807) is 32.3 Å². The smallest absolute Gasteiger partial charge is 0.251 e. The van der Waals surface area contributed by atoms with Gasteiger partial charge in [0.25, 0.3) is 5.91 Å². The van der Waals surface area contributed by atoms with E-state index < -0.39 is 0 Å². The zero-order valence-electron chi connectivity index (χ0n) is 11.3. The standard InChI is InChI=1S/C13H16N4O2S/c1-17(2)11(18)5-6-15-12(19)8-3-4-9-10(7-8)20-13(14)16-9/h3-4,7H,5-6H2,1-2H3,(H2,14,16)(H,15,19). The van der Waals surface area contributed by atoms with E-state index in [0.717, 1.165) is 10.2 Å². The van der Waals surface area contributed by atoms with Gasteiger partial charge in [0.05, 0.1) is 10.2 Å². The quantitative estimate of drug-likeness (QED) is 0.883. The molecular formula is C13H16N4O2S. The molecule has 2 amide bonds. The molecule has 20 heavy (non-hydrogen) atoms. The summed E-state index contributed by atoms with van der Waals surface area (Å²) < 4.78 is 0.875. The lowest BCUT2D eigenvalue weighted by Gasteiger charge is -2.10. The SMILES string of the molecule is CN(C)C(=O)CCNC(=O)c1ccc2nc(N)sc2c1. The fraction of sp³-hybridized carbons (Fsp3) is 0.308. The number of anilines is 1. The van der Waals surface area contributed by atoms with Crippen molar-refractivity contribution >= 4 is 38.5 Å². The van der Waals surface area contributed by atoms with Crippen LogP contribution in [0.2, 0.25) is 0 Å². The topological polar surface area (TPSA) is 88.3 Å². The molecule has 1 heterocycles. The highest BCUT2D eigenvalue weighted by Gasteiger charge is 2.09. The van der Waals surface area contributed by atoms with Gasteiger partial charge in [-0.15, -0.1) is 0 Å². The monoisotopic (exact) mass is 292 g/mol. The number of amides is 2. The molecule has 6 nitrogen and oxygen atoms in total. The molecule has 0 unspecified atom stereocenters. The van der Waals surface area contributed by atoms with Gasteiger partial charge in [-0.1, -0.05) is 11.3 Å². The average molecular weight is 292 g/mol. The highest BCUT2D eigenvalue weighted by atomic mass is 32.1. The number of carbonyl (C=O) groups is 2. The molecule has 7 heteroatoms. The van der Waals surface area contributed by atoms with Crippen molar-refractivity contribution in [3.63, 3.8) is 0 Å². The summed E-state index contributed by atoms with van der Waals surface area (Å²) in [6.07, 6.45) is 0.286. The highest BCUT2D eigenvalue weighted by molar-refractivity contribution is 7.22. The fourth-order valence-electron chi connectivity index (χ4n) is 1.69. The maximum Gasteiger partial charge on any atom is 0.251 e. The number of hydrogen-bond donors (Lipinski definition) is 2. The van der Waals surface area contributed by atoms with E-state index in [2.05, 4.69) is 10.3 Å². The number of aromatic nitrogens is 1. The molecule has 0 aliphatic heterocycles. The third-order valence-corrected chi connectivity index (χ3v) is 3.64. The Bertz CT molecular complexity index is 651. The predicted octanol–water partition coefficient (Wildman–Crippen LogP) is 1.09. The summed E-state index contributed by atoms with van der Waals surface area (Å²) in [6, 6.07) is 5.22. The van der Waals surface area contributed by atoms with Crippen molar-refractivity contribution in [1.82, 2.24) is 15.2 Å². The number of carbonyl (C=O) groups excluding carboxylic acids is 2. The molecule has 0 radical (unpaired) electrons. The van der Waals surface area contributed by atoms with E-state index in [4.69, 9.17) is 5.73 Å². The molecule has 0 bridgehead atoms. The van der Waals surface area contributed by atoms with Crippen molar-refractivity contribution < 1.29 is 9.59 Å². The van der Waals surface area contributed by atoms with Crippen LogP contribution in [0.25, 0.3) is 10.2 Å². The van der Waals surface area contributed by atoms with Gasteiger partial charge in [-0.3, -0.25) is 9.59 Å². The fourth-order valence-corrected chi connectivity index (χ4v) is 2.47. The largest absolute Gasteiger partial charge is 0.375 e. The van der Waals surface area contributed by atoms with Crippen LogP contribution in [0.4, 0.5) is 5.13 Å². The Hall–Kier alpha value is -2.15. The molecule has 1 aromatic carbocycles. The Morgan fingerprint density at radius 1 is 1.40 bits per heavy atom. The predicted molar refractivity (Wildman–Crippen MR) is 79.7 cm³/mol. The maximum absolute atomic E-state index is 12.0. The molecule has 2 aromatic rings. The molecule has 2 rings (SSSR count). The van der Waals surface area contributed by atoms with Gasteiger partial charge in [-0.25, -0.2) is 4.98 Å². The summed E-state index contributed by atoms with van der Waals surface area (Å²) in [7, 11) is 3.37. The van der Waals surface area contributed by atoms with E-state index in [0.29, 0.717) is 17.2 Å². The van der Waals surface area contributed by atoms with Crippen LogP contribution in [0.5, 0.6) is 0 Å². The van der Waals surface area contributed by atoms with Crippen LogP contribution >= 0.6 is 11.3 Å². The first-order valence-corrected chi connectivity index (χ1v) is 6.93. The first kappa shape index (κ1) is 14.3. The summed E-state index contributed by atoms with van der Waals surface area (Å²) in [6.45, 7) is 0.318. The Balaban J connectivity index is 1.98.